The topological polar surface area (TPSA) is 49.6 Å². The van der Waals surface area contributed by atoms with Crippen molar-refractivity contribution in [2.45, 2.75) is 13.3 Å². The zero-order valence-corrected chi connectivity index (χ0v) is 7.86. The van der Waals surface area contributed by atoms with Gasteiger partial charge in [-0.1, -0.05) is 19.1 Å². The third-order valence-corrected chi connectivity index (χ3v) is 2.07. The van der Waals surface area contributed by atoms with Crippen molar-refractivity contribution < 1.29 is 0 Å². The van der Waals surface area contributed by atoms with Gasteiger partial charge in [-0.25, -0.2) is 9.97 Å². The van der Waals surface area contributed by atoms with Gasteiger partial charge in [-0.2, -0.15) is 5.26 Å². The molecule has 0 unspecified atom stereocenters. The number of hydrogen-bond acceptors (Lipinski definition) is 3. The van der Waals surface area contributed by atoms with Crippen LogP contribution in [0.5, 0.6) is 0 Å². The largest absolute Gasteiger partial charge is 0.233 e. The number of rotatable bonds is 1. The van der Waals surface area contributed by atoms with Gasteiger partial charge >= 0.3 is 0 Å². The van der Waals surface area contributed by atoms with Crippen molar-refractivity contribution in [2.75, 3.05) is 0 Å². The molecule has 14 heavy (non-hydrogen) atoms. The van der Waals surface area contributed by atoms with Crippen LogP contribution >= 0.6 is 0 Å². The van der Waals surface area contributed by atoms with Gasteiger partial charge in [0, 0.05) is 11.8 Å². The van der Waals surface area contributed by atoms with Crippen LogP contribution in [0.3, 0.4) is 0 Å². The highest BCUT2D eigenvalue weighted by Gasteiger charge is 2.04. The van der Waals surface area contributed by atoms with Crippen molar-refractivity contribution in [3.8, 4) is 6.07 Å². The van der Waals surface area contributed by atoms with E-state index in [2.05, 4.69) is 16.0 Å². The molecule has 0 saturated carbocycles. The smallest absolute Gasteiger partial charge is 0.152 e. The average molecular weight is 183 g/mol. The second-order valence-corrected chi connectivity index (χ2v) is 2.97. The molecule has 2 rings (SSSR count). The summed E-state index contributed by atoms with van der Waals surface area (Å²) < 4.78 is 0. The fraction of sp³-hybridized carbons (Fsp3) is 0.182. The maximum atomic E-state index is 8.92. The number of hydrogen-bond donors (Lipinski definition) is 0. The van der Waals surface area contributed by atoms with Crippen LogP contribution < -0.4 is 0 Å². The molecule has 3 nitrogen and oxygen atoms in total. The van der Waals surface area contributed by atoms with Gasteiger partial charge in [-0.15, -0.1) is 0 Å². The van der Waals surface area contributed by atoms with E-state index in [4.69, 9.17) is 5.26 Å². The SMILES string of the molecule is CCc1nc(C#N)c2ccccc2n1. The lowest BCUT2D eigenvalue weighted by atomic mass is 10.2. The Morgan fingerprint density at radius 2 is 2.07 bits per heavy atom. The third-order valence-electron chi connectivity index (χ3n) is 2.07. The van der Waals surface area contributed by atoms with E-state index in [-0.39, 0.29) is 0 Å². The molecule has 0 N–H and O–H groups in total. The normalized spacial score (nSPS) is 10.0. The average Bonchev–Trinajstić information content (AvgIpc) is 2.27. The summed E-state index contributed by atoms with van der Waals surface area (Å²) in [5, 5.41) is 9.74. The van der Waals surface area contributed by atoms with Crippen LogP contribution in [0, 0.1) is 11.3 Å². The van der Waals surface area contributed by atoms with E-state index < -0.39 is 0 Å². The first-order valence-electron chi connectivity index (χ1n) is 4.51. The first kappa shape index (κ1) is 8.64. The molecule has 0 spiro atoms. The fourth-order valence-corrected chi connectivity index (χ4v) is 1.37. The zero-order chi connectivity index (χ0) is 9.97. The molecule has 1 aromatic heterocycles. The predicted octanol–water partition coefficient (Wildman–Crippen LogP) is 2.06. The number of aromatic nitrogens is 2. The molecule has 0 bridgehead atoms. The second kappa shape index (κ2) is 3.43. The lowest BCUT2D eigenvalue weighted by molar-refractivity contribution is 0.953. The Morgan fingerprint density at radius 3 is 2.79 bits per heavy atom. The maximum absolute atomic E-state index is 8.92. The van der Waals surface area contributed by atoms with E-state index >= 15 is 0 Å². The fourth-order valence-electron chi connectivity index (χ4n) is 1.37. The van der Waals surface area contributed by atoms with Crippen molar-refractivity contribution in [3.63, 3.8) is 0 Å². The molecule has 0 aliphatic rings. The molecule has 0 saturated heterocycles. The van der Waals surface area contributed by atoms with E-state index in [0.29, 0.717) is 5.69 Å². The molecule has 68 valence electrons. The highest BCUT2D eigenvalue weighted by Crippen LogP contribution is 2.14. The van der Waals surface area contributed by atoms with E-state index in [9.17, 15) is 0 Å². The Kier molecular flexibility index (Phi) is 2.11. The van der Waals surface area contributed by atoms with Gasteiger partial charge in [0.15, 0.2) is 5.69 Å². The number of aryl methyl sites for hydroxylation is 1. The Labute approximate surface area is 82.0 Å². The number of para-hydroxylation sites is 1. The van der Waals surface area contributed by atoms with Gasteiger partial charge in [-0.05, 0) is 12.1 Å². The summed E-state index contributed by atoms with van der Waals surface area (Å²) in [7, 11) is 0. The van der Waals surface area contributed by atoms with E-state index in [0.717, 1.165) is 23.1 Å². The van der Waals surface area contributed by atoms with E-state index in [1.807, 2.05) is 31.2 Å². The van der Waals surface area contributed by atoms with Gasteiger partial charge in [0.1, 0.15) is 11.9 Å². The highest BCUT2D eigenvalue weighted by molar-refractivity contribution is 5.82. The molecule has 0 aliphatic heterocycles. The van der Waals surface area contributed by atoms with Gasteiger partial charge in [0.25, 0.3) is 0 Å². The minimum absolute atomic E-state index is 0.465. The number of benzene rings is 1. The van der Waals surface area contributed by atoms with Crippen molar-refractivity contribution >= 4 is 10.9 Å². The lowest BCUT2D eigenvalue weighted by Crippen LogP contribution is -1.96. The molecule has 1 aromatic carbocycles. The third kappa shape index (κ3) is 1.31. The summed E-state index contributed by atoms with van der Waals surface area (Å²) in [6.07, 6.45) is 0.750. The molecule has 3 heteroatoms. The minimum atomic E-state index is 0.465. The van der Waals surface area contributed by atoms with Crippen molar-refractivity contribution in [2.24, 2.45) is 0 Å². The monoisotopic (exact) mass is 183 g/mol. The number of nitriles is 1. The van der Waals surface area contributed by atoms with Gasteiger partial charge in [0.2, 0.25) is 0 Å². The lowest BCUT2D eigenvalue weighted by Gasteiger charge is -2.01. The van der Waals surface area contributed by atoms with Crippen LogP contribution in [-0.4, -0.2) is 9.97 Å². The highest BCUT2D eigenvalue weighted by atomic mass is 14.9. The first-order chi connectivity index (χ1) is 6.85. The molecule has 1 heterocycles. The number of fused-ring (bicyclic) bond motifs is 1. The van der Waals surface area contributed by atoms with Gasteiger partial charge in [-0.3, -0.25) is 0 Å². The Hall–Kier alpha value is -1.95. The van der Waals surface area contributed by atoms with Crippen molar-refractivity contribution in [3.05, 3.63) is 35.8 Å². The Balaban J connectivity index is 2.82. The second-order valence-electron chi connectivity index (χ2n) is 2.97. The summed E-state index contributed by atoms with van der Waals surface area (Å²) in [5.41, 5.74) is 1.31. The van der Waals surface area contributed by atoms with Crippen LogP contribution in [0.15, 0.2) is 24.3 Å². The summed E-state index contributed by atoms with van der Waals surface area (Å²) in [5.74, 6) is 0.722. The minimum Gasteiger partial charge on any atom is -0.233 e. The van der Waals surface area contributed by atoms with Gasteiger partial charge in [0.05, 0.1) is 5.52 Å². The molecule has 0 aliphatic carbocycles. The summed E-state index contributed by atoms with van der Waals surface area (Å²) in [6.45, 7) is 1.98. The summed E-state index contributed by atoms with van der Waals surface area (Å²) in [6, 6.07) is 9.66. The molecular formula is C11H9N3. The quantitative estimate of drug-likeness (QED) is 0.680. The van der Waals surface area contributed by atoms with E-state index in [1.54, 1.807) is 0 Å². The zero-order valence-electron chi connectivity index (χ0n) is 7.86. The molecule has 0 fully saturated rings. The standard InChI is InChI=1S/C11H9N3/c1-2-11-13-9-6-4-3-5-8(9)10(7-12)14-11/h3-6H,2H2,1H3. The maximum Gasteiger partial charge on any atom is 0.152 e. The van der Waals surface area contributed by atoms with Crippen molar-refractivity contribution in [1.82, 2.24) is 9.97 Å². The molecule has 0 amide bonds. The molecule has 2 aromatic rings. The summed E-state index contributed by atoms with van der Waals surface area (Å²) >= 11 is 0. The Bertz CT molecular complexity index is 511. The van der Waals surface area contributed by atoms with Crippen LogP contribution in [0.1, 0.15) is 18.4 Å². The van der Waals surface area contributed by atoms with Crippen LogP contribution in [0.4, 0.5) is 0 Å². The molecule has 0 radical (unpaired) electrons. The van der Waals surface area contributed by atoms with Crippen LogP contribution in [0.25, 0.3) is 10.9 Å². The molecule has 0 atom stereocenters. The van der Waals surface area contributed by atoms with Crippen LogP contribution in [0.2, 0.25) is 0 Å². The number of nitrogens with zero attached hydrogens (tertiary/aromatic N) is 3. The molecular weight excluding hydrogens is 174 g/mol. The van der Waals surface area contributed by atoms with Crippen LogP contribution in [-0.2, 0) is 6.42 Å². The predicted molar refractivity (Wildman–Crippen MR) is 53.6 cm³/mol. The van der Waals surface area contributed by atoms with E-state index in [1.165, 1.54) is 0 Å². The van der Waals surface area contributed by atoms with Gasteiger partial charge < -0.3 is 0 Å². The summed E-state index contributed by atoms with van der Waals surface area (Å²) in [4.78, 5) is 8.51. The Morgan fingerprint density at radius 1 is 1.29 bits per heavy atom. The van der Waals surface area contributed by atoms with Crippen molar-refractivity contribution in [1.29, 1.82) is 5.26 Å². The first-order valence-corrected chi connectivity index (χ1v) is 4.51.